The van der Waals surface area contributed by atoms with Crippen molar-refractivity contribution in [2.45, 2.75) is 38.6 Å². The van der Waals surface area contributed by atoms with Gasteiger partial charge in [-0.3, -0.25) is 4.79 Å². The number of hydrogen-bond donors (Lipinski definition) is 3. The smallest absolute Gasteiger partial charge is 0.407 e. The fourth-order valence-corrected chi connectivity index (χ4v) is 1.05. The van der Waals surface area contributed by atoms with Crippen LogP contribution in [0.1, 0.15) is 32.6 Å². The Bertz CT molecular complexity index is 221. The molecule has 0 saturated carbocycles. The number of nitrogens with two attached hydrogens (primary N) is 1. The zero-order valence-corrected chi connectivity index (χ0v) is 9.57. The Morgan fingerprint density at radius 1 is 1.44 bits per heavy atom. The summed E-state index contributed by atoms with van der Waals surface area (Å²) in [5.74, 6) is -0.990. The molecule has 0 aromatic rings. The number of unbranched alkanes of at least 4 members (excludes halogenated alkanes) is 1. The van der Waals surface area contributed by atoms with E-state index in [0.717, 1.165) is 6.42 Å². The molecule has 6 heteroatoms. The molecular formula is C10H20N2O4. The summed E-state index contributed by atoms with van der Waals surface area (Å²) in [6, 6.07) is -0.813. The normalized spacial score (nSPS) is 11.9. The highest BCUT2D eigenvalue weighted by Gasteiger charge is 2.10. The number of hydrogen-bond acceptors (Lipinski definition) is 4. The highest BCUT2D eigenvalue weighted by molar-refractivity contribution is 5.72. The number of alkyl carbamates (subject to hydrolysis) is 1. The van der Waals surface area contributed by atoms with Crippen LogP contribution in [0.4, 0.5) is 4.79 Å². The molecule has 16 heavy (non-hydrogen) atoms. The molecular weight excluding hydrogens is 212 g/mol. The summed E-state index contributed by atoms with van der Waals surface area (Å²) in [5, 5.41) is 11.1. The third-order valence-electron chi connectivity index (χ3n) is 1.97. The van der Waals surface area contributed by atoms with Crippen molar-refractivity contribution >= 4 is 12.1 Å². The van der Waals surface area contributed by atoms with E-state index in [1.165, 1.54) is 0 Å². The van der Waals surface area contributed by atoms with Gasteiger partial charge in [-0.15, -0.1) is 0 Å². The van der Waals surface area contributed by atoms with Crippen LogP contribution in [0.15, 0.2) is 0 Å². The number of carboxylic acid groups (broad SMARTS) is 1. The van der Waals surface area contributed by atoms with Gasteiger partial charge in [0.25, 0.3) is 0 Å². The van der Waals surface area contributed by atoms with Crippen LogP contribution in [0.25, 0.3) is 0 Å². The van der Waals surface area contributed by atoms with Crippen molar-refractivity contribution in [2.24, 2.45) is 5.73 Å². The average molecular weight is 232 g/mol. The predicted octanol–water partition coefficient (Wildman–Crippen LogP) is 0.705. The van der Waals surface area contributed by atoms with Crippen molar-refractivity contribution in [1.29, 1.82) is 0 Å². The minimum absolute atomic E-state index is 0.412. The summed E-state index contributed by atoms with van der Waals surface area (Å²) < 4.78 is 4.79. The first-order valence-corrected chi connectivity index (χ1v) is 5.47. The molecule has 0 aliphatic rings. The van der Waals surface area contributed by atoms with Gasteiger partial charge in [0, 0.05) is 6.54 Å². The highest BCUT2D eigenvalue weighted by atomic mass is 16.5. The van der Waals surface area contributed by atoms with E-state index in [0.29, 0.717) is 32.4 Å². The van der Waals surface area contributed by atoms with E-state index >= 15 is 0 Å². The van der Waals surface area contributed by atoms with Gasteiger partial charge in [0.15, 0.2) is 0 Å². The van der Waals surface area contributed by atoms with Crippen molar-refractivity contribution in [1.82, 2.24) is 5.32 Å². The van der Waals surface area contributed by atoms with E-state index in [-0.39, 0.29) is 0 Å². The van der Waals surface area contributed by atoms with Crippen LogP contribution in [-0.2, 0) is 9.53 Å². The van der Waals surface area contributed by atoms with E-state index in [9.17, 15) is 9.59 Å². The summed E-state index contributed by atoms with van der Waals surface area (Å²) in [7, 11) is 0. The van der Waals surface area contributed by atoms with Crippen molar-refractivity contribution in [3.63, 3.8) is 0 Å². The zero-order valence-electron chi connectivity index (χ0n) is 9.57. The maximum absolute atomic E-state index is 11.0. The molecule has 0 saturated heterocycles. The molecule has 0 aromatic carbocycles. The molecule has 0 aliphatic heterocycles. The van der Waals surface area contributed by atoms with Crippen molar-refractivity contribution in [2.75, 3.05) is 13.2 Å². The topological polar surface area (TPSA) is 102 Å². The van der Waals surface area contributed by atoms with E-state index in [2.05, 4.69) is 5.32 Å². The maximum Gasteiger partial charge on any atom is 0.407 e. The summed E-state index contributed by atoms with van der Waals surface area (Å²) in [5.41, 5.74) is 5.31. The maximum atomic E-state index is 11.0. The fraction of sp³-hybridized carbons (Fsp3) is 0.800. The number of carboxylic acids is 1. The van der Waals surface area contributed by atoms with Crippen molar-refractivity contribution < 1.29 is 19.4 Å². The molecule has 1 amide bonds. The Hall–Kier alpha value is -1.30. The number of nitrogens with one attached hydrogen (secondary N) is 1. The van der Waals surface area contributed by atoms with Crippen LogP contribution in [0.3, 0.4) is 0 Å². The van der Waals surface area contributed by atoms with Crippen molar-refractivity contribution in [3.05, 3.63) is 0 Å². The lowest BCUT2D eigenvalue weighted by molar-refractivity contribution is -0.138. The van der Waals surface area contributed by atoms with Crippen LogP contribution in [0, 0.1) is 0 Å². The van der Waals surface area contributed by atoms with Gasteiger partial charge >= 0.3 is 12.1 Å². The Morgan fingerprint density at radius 2 is 2.12 bits per heavy atom. The molecule has 0 radical (unpaired) electrons. The SMILES string of the molecule is CCCOC(=O)NCCCCC(N)C(=O)O. The number of aliphatic carboxylic acids is 1. The highest BCUT2D eigenvalue weighted by Crippen LogP contribution is 1.98. The third-order valence-corrected chi connectivity index (χ3v) is 1.97. The molecule has 94 valence electrons. The van der Waals surface area contributed by atoms with Crippen LogP contribution in [-0.4, -0.2) is 36.4 Å². The molecule has 0 spiro atoms. The van der Waals surface area contributed by atoms with Crippen LogP contribution >= 0.6 is 0 Å². The van der Waals surface area contributed by atoms with Gasteiger partial charge in [0.05, 0.1) is 6.61 Å². The van der Waals surface area contributed by atoms with E-state index < -0.39 is 18.1 Å². The number of rotatable bonds is 8. The van der Waals surface area contributed by atoms with Crippen LogP contribution < -0.4 is 11.1 Å². The lowest BCUT2D eigenvalue weighted by atomic mass is 10.1. The third kappa shape index (κ3) is 8.05. The fourth-order valence-electron chi connectivity index (χ4n) is 1.05. The zero-order chi connectivity index (χ0) is 12.4. The molecule has 0 bridgehead atoms. The lowest BCUT2D eigenvalue weighted by Crippen LogP contribution is -2.30. The lowest BCUT2D eigenvalue weighted by Gasteiger charge is -2.07. The summed E-state index contributed by atoms with van der Waals surface area (Å²) in [6.07, 6.45) is 2.15. The van der Waals surface area contributed by atoms with Gasteiger partial charge in [-0.1, -0.05) is 6.92 Å². The Balaban J connectivity index is 3.33. The number of amides is 1. The van der Waals surface area contributed by atoms with Gasteiger partial charge in [-0.2, -0.15) is 0 Å². The predicted molar refractivity (Wildman–Crippen MR) is 59.1 cm³/mol. The van der Waals surface area contributed by atoms with Gasteiger partial charge in [-0.25, -0.2) is 4.79 Å². The largest absolute Gasteiger partial charge is 0.480 e. The molecule has 0 aromatic heterocycles. The molecule has 0 aliphatic carbocycles. The van der Waals surface area contributed by atoms with Gasteiger partial charge < -0.3 is 20.9 Å². The Kier molecular flexibility index (Phi) is 8.24. The summed E-state index contributed by atoms with van der Waals surface area (Å²) >= 11 is 0. The molecule has 4 N–H and O–H groups in total. The first-order valence-electron chi connectivity index (χ1n) is 5.47. The molecule has 1 atom stereocenters. The van der Waals surface area contributed by atoms with E-state index in [1.807, 2.05) is 6.92 Å². The van der Waals surface area contributed by atoms with Gasteiger partial charge in [0.1, 0.15) is 6.04 Å². The van der Waals surface area contributed by atoms with Crippen molar-refractivity contribution in [3.8, 4) is 0 Å². The Labute approximate surface area is 95.1 Å². The van der Waals surface area contributed by atoms with Gasteiger partial charge in [-0.05, 0) is 25.7 Å². The number of carbonyl (C=O) groups excluding carboxylic acids is 1. The van der Waals surface area contributed by atoms with Crippen LogP contribution in [0.5, 0.6) is 0 Å². The summed E-state index contributed by atoms with van der Waals surface area (Å²) in [6.45, 7) is 2.81. The monoisotopic (exact) mass is 232 g/mol. The molecule has 1 unspecified atom stereocenters. The first kappa shape index (κ1) is 14.7. The van der Waals surface area contributed by atoms with E-state index in [4.69, 9.17) is 15.6 Å². The van der Waals surface area contributed by atoms with E-state index in [1.54, 1.807) is 0 Å². The minimum Gasteiger partial charge on any atom is -0.480 e. The minimum atomic E-state index is -0.990. The standard InChI is InChI=1S/C10H20N2O4/c1-2-7-16-10(15)12-6-4-3-5-8(11)9(13)14/h8H,2-7,11H2,1H3,(H,12,15)(H,13,14). The molecule has 0 fully saturated rings. The summed E-state index contributed by atoms with van der Waals surface area (Å²) in [4.78, 5) is 21.3. The second kappa shape index (κ2) is 8.96. The quantitative estimate of drug-likeness (QED) is 0.535. The Morgan fingerprint density at radius 3 is 2.69 bits per heavy atom. The average Bonchev–Trinajstić information content (AvgIpc) is 2.25. The number of ether oxygens (including phenoxy) is 1. The first-order chi connectivity index (χ1) is 7.57. The molecule has 0 heterocycles. The molecule has 6 nitrogen and oxygen atoms in total. The van der Waals surface area contributed by atoms with Crippen LogP contribution in [0.2, 0.25) is 0 Å². The second-order valence-corrected chi connectivity index (χ2v) is 3.50. The molecule has 0 rings (SSSR count). The van der Waals surface area contributed by atoms with Gasteiger partial charge in [0.2, 0.25) is 0 Å². The second-order valence-electron chi connectivity index (χ2n) is 3.50. The number of carbonyl (C=O) groups is 2.